The van der Waals surface area contributed by atoms with E-state index in [9.17, 15) is 24.3 Å². The summed E-state index contributed by atoms with van der Waals surface area (Å²) in [6.45, 7) is -0.480. The van der Waals surface area contributed by atoms with Crippen LogP contribution in [0.4, 0.5) is 0 Å². The second kappa shape index (κ2) is 9.30. The van der Waals surface area contributed by atoms with Gasteiger partial charge in [-0.05, 0) is 0 Å². The number of aliphatic hydroxyl groups excluding tert-OH is 4. The summed E-state index contributed by atoms with van der Waals surface area (Å²) in [5.41, 5.74) is 0. The van der Waals surface area contributed by atoms with Crippen molar-refractivity contribution in [2.24, 2.45) is 0 Å². The van der Waals surface area contributed by atoms with Crippen molar-refractivity contribution < 1.29 is 38.9 Å². The summed E-state index contributed by atoms with van der Waals surface area (Å²) >= 11 is 0. The Morgan fingerprint density at radius 1 is 1.32 bits per heavy atom. The second-order valence-corrected chi connectivity index (χ2v) is 5.93. The first kappa shape index (κ1) is 19.2. The van der Waals surface area contributed by atoms with E-state index in [2.05, 4.69) is 5.32 Å². The Hall–Kier alpha value is -0.880. The molecule has 1 fully saturated rings. The molecule has 128 valence electrons. The summed E-state index contributed by atoms with van der Waals surface area (Å²) in [5, 5.41) is 41.5. The zero-order chi connectivity index (χ0) is 16.7. The van der Waals surface area contributed by atoms with Crippen LogP contribution in [-0.4, -0.2) is 87.3 Å². The number of nitrogens with one attached hydrogen (secondary N) is 1. The summed E-state index contributed by atoms with van der Waals surface area (Å²) in [4.78, 5) is 11.3. The third-order valence-electron chi connectivity index (χ3n) is 2.94. The Balaban J connectivity index is 2.35. The van der Waals surface area contributed by atoms with Gasteiger partial charge in [0.05, 0.1) is 13.2 Å². The maximum atomic E-state index is 11.3. The molecule has 22 heavy (non-hydrogen) atoms. The zero-order valence-corrected chi connectivity index (χ0v) is 12.8. The van der Waals surface area contributed by atoms with Crippen molar-refractivity contribution in [3.05, 3.63) is 11.5 Å². The van der Waals surface area contributed by atoms with Gasteiger partial charge in [-0.1, -0.05) is 0 Å². The Morgan fingerprint density at radius 2 is 2.00 bits per heavy atom. The smallest absolute Gasteiger partial charge is 0.244 e. The molecule has 1 rings (SSSR count). The number of carbonyl (C=O) groups excluding carboxylic acids is 1. The molecule has 1 aliphatic heterocycles. The van der Waals surface area contributed by atoms with Crippen molar-refractivity contribution in [3.8, 4) is 0 Å². The number of amides is 1. The van der Waals surface area contributed by atoms with E-state index in [0.717, 1.165) is 6.08 Å². The molecule has 1 amide bonds. The van der Waals surface area contributed by atoms with Crippen molar-refractivity contribution in [1.29, 1.82) is 0 Å². The highest BCUT2D eigenvalue weighted by molar-refractivity contribution is 7.87. The van der Waals surface area contributed by atoms with Gasteiger partial charge in [0.25, 0.3) is 0 Å². The van der Waals surface area contributed by atoms with Gasteiger partial charge < -0.3 is 35.2 Å². The number of rotatable bonds is 7. The van der Waals surface area contributed by atoms with E-state index in [0.29, 0.717) is 0 Å². The fourth-order valence-electron chi connectivity index (χ4n) is 1.77. The molecule has 0 saturated carbocycles. The third-order valence-corrected chi connectivity index (χ3v) is 3.46. The first-order valence-corrected chi connectivity index (χ1v) is 8.19. The summed E-state index contributed by atoms with van der Waals surface area (Å²) in [7, 11) is -1.22. The van der Waals surface area contributed by atoms with Crippen molar-refractivity contribution in [3.63, 3.8) is 0 Å². The number of hydrogen-bond donors (Lipinski definition) is 5. The minimum Gasteiger partial charge on any atom is -0.394 e. The van der Waals surface area contributed by atoms with Crippen LogP contribution in [0.25, 0.3) is 0 Å². The van der Waals surface area contributed by atoms with Crippen LogP contribution in [0.5, 0.6) is 0 Å². The first-order chi connectivity index (χ1) is 10.4. The predicted molar refractivity (Wildman–Crippen MR) is 75.9 cm³/mol. The molecule has 5 N–H and O–H groups in total. The van der Waals surface area contributed by atoms with Crippen molar-refractivity contribution in [2.75, 3.05) is 26.0 Å². The topological polar surface area (TPSA) is 146 Å². The summed E-state index contributed by atoms with van der Waals surface area (Å²) < 4.78 is 21.0. The second-order valence-electron chi connectivity index (χ2n) is 4.66. The summed E-state index contributed by atoms with van der Waals surface area (Å²) in [6, 6.07) is 0. The normalized spacial score (nSPS) is 33.8. The number of carbonyl (C=O) groups is 1. The number of hydrogen-bond acceptors (Lipinski definition) is 8. The molecule has 0 unspecified atom stereocenters. The lowest BCUT2D eigenvalue weighted by atomic mass is 9.99. The Morgan fingerprint density at radius 3 is 2.59 bits per heavy atom. The monoisotopic (exact) mass is 339 g/mol. The molecule has 9 nitrogen and oxygen atoms in total. The van der Waals surface area contributed by atoms with E-state index in [4.69, 9.17) is 14.6 Å². The third kappa shape index (κ3) is 5.72. The highest BCUT2D eigenvalue weighted by atomic mass is 32.2. The van der Waals surface area contributed by atoms with E-state index < -0.39 is 54.0 Å². The SMILES string of the molecule is C[S@](=O)/C=C/C(=O)NCCO[C@@H]1O[C@H](CO)[C@@H](O)[C@H](O)[C@H]1O. The lowest BCUT2D eigenvalue weighted by molar-refractivity contribution is -0.300. The van der Waals surface area contributed by atoms with Gasteiger partial charge in [-0.2, -0.15) is 0 Å². The number of ether oxygens (including phenoxy) is 2. The average Bonchev–Trinajstić information content (AvgIpc) is 2.49. The van der Waals surface area contributed by atoms with Gasteiger partial charge in [0, 0.05) is 35.1 Å². The molecule has 1 aliphatic rings. The van der Waals surface area contributed by atoms with Crippen LogP contribution in [0.3, 0.4) is 0 Å². The van der Waals surface area contributed by atoms with Crippen molar-refractivity contribution in [2.45, 2.75) is 30.7 Å². The van der Waals surface area contributed by atoms with Crippen molar-refractivity contribution >= 4 is 16.7 Å². The quantitative estimate of drug-likeness (QED) is 0.241. The molecule has 0 aliphatic carbocycles. The lowest BCUT2D eigenvalue weighted by Crippen LogP contribution is -2.59. The minimum absolute atomic E-state index is 0.0303. The molecule has 0 radical (unpaired) electrons. The molecular weight excluding hydrogens is 318 g/mol. The van der Waals surface area contributed by atoms with Crippen LogP contribution in [0.2, 0.25) is 0 Å². The maximum absolute atomic E-state index is 11.3. The summed E-state index contributed by atoms with van der Waals surface area (Å²) in [6.07, 6.45) is -4.15. The van der Waals surface area contributed by atoms with Crippen LogP contribution in [0.15, 0.2) is 11.5 Å². The molecule has 0 spiro atoms. The fraction of sp³-hybridized carbons (Fsp3) is 0.750. The van der Waals surface area contributed by atoms with Gasteiger partial charge in [0.15, 0.2) is 6.29 Å². The van der Waals surface area contributed by atoms with E-state index in [1.807, 2.05) is 0 Å². The molecule has 1 saturated heterocycles. The Kier molecular flexibility index (Phi) is 8.10. The first-order valence-electron chi connectivity index (χ1n) is 6.57. The molecule has 0 bridgehead atoms. The lowest BCUT2D eigenvalue weighted by Gasteiger charge is -2.39. The average molecular weight is 339 g/mol. The fourth-order valence-corrected chi connectivity index (χ4v) is 2.09. The Bertz CT molecular complexity index is 416. The molecule has 0 aromatic carbocycles. The maximum Gasteiger partial charge on any atom is 0.244 e. The van der Waals surface area contributed by atoms with Gasteiger partial charge >= 0.3 is 0 Å². The molecule has 0 aromatic rings. The van der Waals surface area contributed by atoms with Crippen LogP contribution in [0, 0.1) is 0 Å². The van der Waals surface area contributed by atoms with E-state index in [1.54, 1.807) is 0 Å². The van der Waals surface area contributed by atoms with Crippen molar-refractivity contribution in [1.82, 2.24) is 5.32 Å². The van der Waals surface area contributed by atoms with E-state index in [-0.39, 0.29) is 13.2 Å². The predicted octanol–water partition coefficient (Wildman–Crippen LogP) is -3.19. The van der Waals surface area contributed by atoms with E-state index in [1.165, 1.54) is 11.7 Å². The minimum atomic E-state index is -1.51. The van der Waals surface area contributed by atoms with E-state index >= 15 is 0 Å². The molecule has 10 heteroatoms. The number of aliphatic hydroxyl groups is 4. The van der Waals surface area contributed by atoms with Gasteiger partial charge in [-0.15, -0.1) is 0 Å². The summed E-state index contributed by atoms with van der Waals surface area (Å²) in [5.74, 6) is -0.451. The van der Waals surface area contributed by atoms with Crippen LogP contribution < -0.4 is 5.32 Å². The van der Waals surface area contributed by atoms with Gasteiger partial charge in [-0.3, -0.25) is 9.00 Å². The Labute approximate surface area is 130 Å². The van der Waals surface area contributed by atoms with Gasteiger partial charge in [0.1, 0.15) is 24.4 Å². The van der Waals surface area contributed by atoms with Crippen LogP contribution in [-0.2, 0) is 25.1 Å². The standard InChI is InChI=1S/C12H21NO8S/c1-22(19)5-2-8(15)13-3-4-20-12-11(18)10(17)9(16)7(6-14)21-12/h2,5,7,9-12,14,16-18H,3-4,6H2,1H3,(H,13,15)/b5-2+/t7-,9-,10+,11-,12-,22+/m1/s1. The molecular formula is C12H21NO8S. The molecule has 1 heterocycles. The van der Waals surface area contributed by atoms with Crippen LogP contribution in [0.1, 0.15) is 0 Å². The largest absolute Gasteiger partial charge is 0.394 e. The van der Waals surface area contributed by atoms with Crippen LogP contribution >= 0.6 is 0 Å². The van der Waals surface area contributed by atoms with Gasteiger partial charge in [-0.25, -0.2) is 0 Å². The molecule has 0 aromatic heterocycles. The molecule has 6 atom stereocenters. The highest BCUT2D eigenvalue weighted by Gasteiger charge is 2.43. The van der Waals surface area contributed by atoms with Gasteiger partial charge in [0.2, 0.25) is 5.91 Å². The highest BCUT2D eigenvalue weighted by Crippen LogP contribution is 2.21. The zero-order valence-electron chi connectivity index (χ0n) is 12.0.